The second kappa shape index (κ2) is 8.11. The first-order chi connectivity index (χ1) is 8.72. The van der Waals surface area contributed by atoms with Gasteiger partial charge in [0, 0.05) is 11.6 Å². The Hall–Kier alpha value is -1.06. The summed E-state index contributed by atoms with van der Waals surface area (Å²) in [5, 5.41) is 13.0. The van der Waals surface area contributed by atoms with Crippen LogP contribution >= 0.6 is 0 Å². The van der Waals surface area contributed by atoms with E-state index in [1.165, 1.54) is 5.56 Å². The van der Waals surface area contributed by atoms with E-state index in [0.717, 1.165) is 18.7 Å². The third kappa shape index (κ3) is 4.31. The van der Waals surface area contributed by atoms with E-state index in [9.17, 15) is 5.11 Å². The molecule has 18 heavy (non-hydrogen) atoms. The predicted octanol–water partition coefficient (Wildman–Crippen LogP) is 2.90. The zero-order valence-corrected chi connectivity index (χ0v) is 11.6. The van der Waals surface area contributed by atoms with Gasteiger partial charge in [0.05, 0.1) is 6.10 Å². The van der Waals surface area contributed by atoms with Gasteiger partial charge >= 0.3 is 0 Å². The van der Waals surface area contributed by atoms with Gasteiger partial charge in [0.15, 0.2) is 0 Å². The Morgan fingerprint density at radius 1 is 1.17 bits per heavy atom. The fourth-order valence-electron chi connectivity index (χ4n) is 1.92. The van der Waals surface area contributed by atoms with Crippen molar-refractivity contribution in [2.24, 2.45) is 0 Å². The highest BCUT2D eigenvalue weighted by Crippen LogP contribution is 2.27. The average Bonchev–Trinajstić information content (AvgIpc) is 2.42. The van der Waals surface area contributed by atoms with E-state index in [2.05, 4.69) is 25.2 Å². The highest BCUT2D eigenvalue weighted by molar-refractivity contribution is 5.36. The first-order valence-electron chi connectivity index (χ1n) is 6.86. The Balaban J connectivity index is 2.77. The molecule has 3 nitrogen and oxygen atoms in total. The first-order valence-corrected chi connectivity index (χ1v) is 6.86. The van der Waals surface area contributed by atoms with Crippen LogP contribution in [-0.2, 0) is 0 Å². The van der Waals surface area contributed by atoms with E-state index < -0.39 is 6.10 Å². The van der Waals surface area contributed by atoms with Crippen LogP contribution in [0, 0.1) is 0 Å². The van der Waals surface area contributed by atoms with Crippen LogP contribution in [0.25, 0.3) is 0 Å². The van der Waals surface area contributed by atoms with Crippen molar-refractivity contribution in [1.29, 1.82) is 0 Å². The van der Waals surface area contributed by atoms with Crippen LogP contribution in [0.5, 0.6) is 5.75 Å². The summed E-state index contributed by atoms with van der Waals surface area (Å²) in [6, 6.07) is 8.36. The van der Waals surface area contributed by atoms with E-state index in [0.29, 0.717) is 19.1 Å². The zero-order valence-electron chi connectivity index (χ0n) is 11.6. The molecule has 2 N–H and O–H groups in total. The van der Waals surface area contributed by atoms with Crippen LogP contribution < -0.4 is 10.1 Å². The molecule has 1 aromatic rings. The molecule has 102 valence electrons. The lowest BCUT2D eigenvalue weighted by Gasteiger charge is -2.20. The fourth-order valence-corrected chi connectivity index (χ4v) is 1.92. The maximum Gasteiger partial charge on any atom is 0.124 e. The number of para-hydroxylation sites is 1. The van der Waals surface area contributed by atoms with E-state index in [1.807, 2.05) is 25.1 Å². The van der Waals surface area contributed by atoms with Crippen molar-refractivity contribution in [3.05, 3.63) is 29.8 Å². The molecule has 0 aliphatic carbocycles. The van der Waals surface area contributed by atoms with Gasteiger partial charge in [-0.2, -0.15) is 0 Å². The quantitative estimate of drug-likeness (QED) is 0.746. The molecule has 3 heteroatoms. The molecule has 0 spiro atoms. The zero-order chi connectivity index (χ0) is 13.4. The third-order valence-corrected chi connectivity index (χ3v) is 3.06. The molecule has 1 rings (SSSR count). The van der Waals surface area contributed by atoms with Gasteiger partial charge in [0.25, 0.3) is 0 Å². The number of hydrogen-bond acceptors (Lipinski definition) is 3. The molecule has 0 radical (unpaired) electrons. The van der Waals surface area contributed by atoms with Crippen LogP contribution in [0.2, 0.25) is 0 Å². The van der Waals surface area contributed by atoms with Crippen LogP contribution in [0.1, 0.15) is 45.2 Å². The monoisotopic (exact) mass is 251 g/mol. The number of rotatable bonds is 8. The van der Waals surface area contributed by atoms with E-state index in [1.54, 1.807) is 0 Å². The normalized spacial score (nSPS) is 14.2. The molecular formula is C15H25NO2. The molecule has 0 bridgehead atoms. The molecule has 0 fully saturated rings. The van der Waals surface area contributed by atoms with Crippen molar-refractivity contribution >= 4 is 0 Å². The number of aliphatic hydroxyl groups excluding tert-OH is 1. The maximum absolute atomic E-state index is 9.57. The SMILES string of the molecule is CCNC(CC)c1ccccc1OCC(O)CC. The first kappa shape index (κ1) is 15.0. The average molecular weight is 251 g/mol. The number of benzene rings is 1. The molecule has 0 amide bonds. The number of nitrogens with one attached hydrogen (secondary N) is 1. The lowest BCUT2D eigenvalue weighted by molar-refractivity contribution is 0.103. The Morgan fingerprint density at radius 3 is 2.50 bits per heavy atom. The second-order valence-corrected chi connectivity index (χ2v) is 4.43. The summed E-state index contributed by atoms with van der Waals surface area (Å²) in [4.78, 5) is 0. The second-order valence-electron chi connectivity index (χ2n) is 4.43. The van der Waals surface area contributed by atoms with Gasteiger partial charge in [0.1, 0.15) is 12.4 Å². The smallest absolute Gasteiger partial charge is 0.124 e. The summed E-state index contributed by atoms with van der Waals surface area (Å²) in [6.07, 6.45) is 1.34. The Kier molecular flexibility index (Phi) is 6.76. The molecular weight excluding hydrogens is 226 g/mol. The lowest BCUT2D eigenvalue weighted by Crippen LogP contribution is -2.22. The van der Waals surface area contributed by atoms with Crippen molar-refractivity contribution in [2.75, 3.05) is 13.2 Å². The van der Waals surface area contributed by atoms with Gasteiger partial charge in [-0.1, -0.05) is 39.0 Å². The summed E-state index contributed by atoms with van der Waals surface area (Å²) in [5.41, 5.74) is 1.17. The van der Waals surface area contributed by atoms with Crippen molar-refractivity contribution in [1.82, 2.24) is 5.32 Å². The van der Waals surface area contributed by atoms with E-state index in [-0.39, 0.29) is 0 Å². The molecule has 0 saturated heterocycles. The third-order valence-electron chi connectivity index (χ3n) is 3.06. The summed E-state index contributed by atoms with van der Waals surface area (Å²) < 4.78 is 5.73. The maximum atomic E-state index is 9.57. The highest BCUT2D eigenvalue weighted by Gasteiger charge is 2.13. The summed E-state index contributed by atoms with van der Waals surface area (Å²) in [6.45, 7) is 7.51. The Morgan fingerprint density at radius 2 is 1.89 bits per heavy atom. The molecule has 0 heterocycles. The number of aliphatic hydroxyl groups is 1. The van der Waals surface area contributed by atoms with Gasteiger partial charge in [-0.15, -0.1) is 0 Å². The predicted molar refractivity (Wildman–Crippen MR) is 74.9 cm³/mol. The minimum Gasteiger partial charge on any atom is -0.491 e. The van der Waals surface area contributed by atoms with Crippen LogP contribution in [0.15, 0.2) is 24.3 Å². The topological polar surface area (TPSA) is 41.5 Å². The largest absolute Gasteiger partial charge is 0.491 e. The Bertz CT molecular complexity index is 341. The van der Waals surface area contributed by atoms with Crippen molar-refractivity contribution in [3.8, 4) is 5.75 Å². The van der Waals surface area contributed by atoms with Gasteiger partial charge < -0.3 is 15.2 Å². The van der Waals surface area contributed by atoms with Crippen LogP contribution in [0.3, 0.4) is 0 Å². The Labute approximate surface area is 110 Å². The number of hydrogen-bond donors (Lipinski definition) is 2. The van der Waals surface area contributed by atoms with Gasteiger partial charge in [-0.3, -0.25) is 0 Å². The van der Waals surface area contributed by atoms with Crippen LogP contribution in [0.4, 0.5) is 0 Å². The molecule has 0 aliphatic rings. The lowest BCUT2D eigenvalue weighted by atomic mass is 10.0. The fraction of sp³-hybridized carbons (Fsp3) is 0.600. The summed E-state index contributed by atoms with van der Waals surface area (Å²) in [7, 11) is 0. The minimum absolute atomic E-state index is 0.310. The molecule has 1 aromatic carbocycles. The minimum atomic E-state index is -0.391. The van der Waals surface area contributed by atoms with Crippen LogP contribution in [-0.4, -0.2) is 24.4 Å². The molecule has 0 aliphatic heterocycles. The summed E-state index contributed by atoms with van der Waals surface area (Å²) >= 11 is 0. The van der Waals surface area contributed by atoms with Gasteiger partial charge in [-0.05, 0) is 25.5 Å². The van der Waals surface area contributed by atoms with Gasteiger partial charge in [0.2, 0.25) is 0 Å². The standard InChI is InChI=1S/C15H25NO2/c1-4-12(17)11-18-15-10-8-7-9-13(15)14(5-2)16-6-3/h7-10,12,14,16-17H,4-6,11H2,1-3H3. The highest BCUT2D eigenvalue weighted by atomic mass is 16.5. The molecule has 0 saturated carbocycles. The van der Waals surface area contributed by atoms with Crippen molar-refractivity contribution in [2.45, 2.75) is 45.8 Å². The van der Waals surface area contributed by atoms with E-state index >= 15 is 0 Å². The van der Waals surface area contributed by atoms with Crippen molar-refractivity contribution < 1.29 is 9.84 Å². The molecule has 2 unspecified atom stereocenters. The van der Waals surface area contributed by atoms with Gasteiger partial charge in [-0.25, -0.2) is 0 Å². The van der Waals surface area contributed by atoms with E-state index in [4.69, 9.17) is 4.74 Å². The molecule has 0 aromatic heterocycles. The van der Waals surface area contributed by atoms with Crippen molar-refractivity contribution in [3.63, 3.8) is 0 Å². The molecule has 2 atom stereocenters. The summed E-state index contributed by atoms with van der Waals surface area (Å²) in [5.74, 6) is 0.873. The number of ether oxygens (including phenoxy) is 1.